The Labute approximate surface area is 81.6 Å². The molecule has 0 unspecified atom stereocenters. The van der Waals surface area contributed by atoms with Gasteiger partial charge in [-0.05, 0) is 12.8 Å². The van der Waals surface area contributed by atoms with Gasteiger partial charge in [0.2, 0.25) is 0 Å². The number of ketones is 1. The van der Waals surface area contributed by atoms with Gasteiger partial charge in [-0.15, -0.1) is 0 Å². The number of hydrogen-bond donors (Lipinski definition) is 2. The lowest BCUT2D eigenvalue weighted by Gasteiger charge is -2.20. The quantitative estimate of drug-likeness (QED) is 0.677. The highest BCUT2D eigenvalue weighted by Crippen LogP contribution is 2.21. The van der Waals surface area contributed by atoms with Crippen LogP contribution in [0.1, 0.15) is 23.2 Å². The SMILES string of the molecule is Nc1[nH]ncc1C(=O)C1CCOCC1. The number of carbonyl (C=O) groups is 1. The minimum absolute atomic E-state index is 0.0450. The van der Waals surface area contributed by atoms with Crippen LogP contribution in [0.5, 0.6) is 0 Å². The van der Waals surface area contributed by atoms with Crippen LogP contribution in [-0.4, -0.2) is 29.2 Å². The van der Waals surface area contributed by atoms with Gasteiger partial charge >= 0.3 is 0 Å². The average molecular weight is 195 g/mol. The number of aromatic nitrogens is 2. The van der Waals surface area contributed by atoms with Crippen molar-refractivity contribution < 1.29 is 9.53 Å². The number of hydrogen-bond acceptors (Lipinski definition) is 4. The van der Waals surface area contributed by atoms with Crippen LogP contribution in [0.4, 0.5) is 5.82 Å². The minimum atomic E-state index is 0.0450. The molecule has 1 fully saturated rings. The van der Waals surface area contributed by atoms with Crippen molar-refractivity contribution in [1.29, 1.82) is 0 Å². The number of anilines is 1. The number of H-pyrrole nitrogens is 1. The van der Waals surface area contributed by atoms with Gasteiger partial charge in [-0.2, -0.15) is 5.10 Å². The van der Waals surface area contributed by atoms with Crippen molar-refractivity contribution in [3.05, 3.63) is 11.8 Å². The Balaban J connectivity index is 2.11. The van der Waals surface area contributed by atoms with E-state index in [-0.39, 0.29) is 11.7 Å². The molecule has 0 amide bonds. The number of nitrogens with one attached hydrogen (secondary N) is 1. The lowest BCUT2D eigenvalue weighted by atomic mass is 9.92. The smallest absolute Gasteiger partial charge is 0.171 e. The summed E-state index contributed by atoms with van der Waals surface area (Å²) >= 11 is 0. The average Bonchev–Trinajstić information content (AvgIpc) is 2.65. The lowest BCUT2D eigenvalue weighted by molar-refractivity contribution is 0.0545. The first-order chi connectivity index (χ1) is 6.79. The monoisotopic (exact) mass is 195 g/mol. The molecule has 1 saturated heterocycles. The molecule has 0 atom stereocenters. The topological polar surface area (TPSA) is 81.0 Å². The van der Waals surface area contributed by atoms with E-state index in [0.29, 0.717) is 24.6 Å². The maximum absolute atomic E-state index is 11.9. The van der Waals surface area contributed by atoms with E-state index in [1.165, 1.54) is 6.20 Å². The number of carbonyl (C=O) groups excluding carboxylic acids is 1. The zero-order chi connectivity index (χ0) is 9.97. The molecular weight excluding hydrogens is 182 g/mol. The Morgan fingerprint density at radius 1 is 1.57 bits per heavy atom. The molecule has 2 heterocycles. The van der Waals surface area contributed by atoms with Gasteiger partial charge in [-0.3, -0.25) is 9.89 Å². The molecule has 0 aromatic carbocycles. The normalized spacial score (nSPS) is 18.3. The predicted octanol–water partition coefficient (Wildman–Crippen LogP) is 0.601. The number of rotatable bonds is 2. The van der Waals surface area contributed by atoms with Gasteiger partial charge in [0, 0.05) is 19.1 Å². The van der Waals surface area contributed by atoms with E-state index >= 15 is 0 Å². The first-order valence-corrected chi connectivity index (χ1v) is 4.70. The number of nitrogens with zero attached hydrogens (tertiary/aromatic N) is 1. The number of ether oxygens (including phenoxy) is 1. The summed E-state index contributed by atoms with van der Waals surface area (Å²) in [5.74, 6) is 0.490. The van der Waals surface area contributed by atoms with E-state index in [1.54, 1.807) is 0 Å². The van der Waals surface area contributed by atoms with Crippen molar-refractivity contribution in [3.63, 3.8) is 0 Å². The first-order valence-electron chi connectivity index (χ1n) is 4.70. The first kappa shape index (κ1) is 9.21. The zero-order valence-corrected chi connectivity index (χ0v) is 7.82. The summed E-state index contributed by atoms with van der Waals surface area (Å²) in [5.41, 5.74) is 6.09. The van der Waals surface area contributed by atoms with E-state index in [9.17, 15) is 4.79 Å². The number of nitrogen functional groups attached to an aromatic ring is 1. The molecule has 5 heteroatoms. The fraction of sp³-hybridized carbons (Fsp3) is 0.556. The van der Waals surface area contributed by atoms with Crippen molar-refractivity contribution in [1.82, 2.24) is 10.2 Å². The van der Waals surface area contributed by atoms with Gasteiger partial charge in [0.25, 0.3) is 0 Å². The molecule has 76 valence electrons. The molecule has 0 spiro atoms. The van der Waals surface area contributed by atoms with Crippen LogP contribution in [0.15, 0.2) is 6.20 Å². The van der Waals surface area contributed by atoms with Crippen molar-refractivity contribution >= 4 is 11.6 Å². The second-order valence-electron chi connectivity index (χ2n) is 3.45. The Morgan fingerprint density at radius 3 is 2.86 bits per heavy atom. The van der Waals surface area contributed by atoms with E-state index < -0.39 is 0 Å². The third kappa shape index (κ3) is 1.63. The second kappa shape index (κ2) is 3.79. The van der Waals surface area contributed by atoms with E-state index in [1.807, 2.05) is 0 Å². The second-order valence-corrected chi connectivity index (χ2v) is 3.45. The van der Waals surface area contributed by atoms with Gasteiger partial charge < -0.3 is 10.5 Å². The predicted molar refractivity (Wildman–Crippen MR) is 50.9 cm³/mol. The van der Waals surface area contributed by atoms with Crippen molar-refractivity contribution in [2.75, 3.05) is 18.9 Å². The molecule has 0 bridgehead atoms. The highest BCUT2D eigenvalue weighted by Gasteiger charge is 2.24. The molecule has 0 aliphatic carbocycles. The molecule has 1 aromatic heterocycles. The fourth-order valence-corrected chi connectivity index (χ4v) is 1.67. The Bertz CT molecular complexity index is 329. The Kier molecular flexibility index (Phi) is 2.49. The molecule has 1 aromatic rings. The molecule has 14 heavy (non-hydrogen) atoms. The molecule has 3 N–H and O–H groups in total. The van der Waals surface area contributed by atoms with Gasteiger partial charge in [-0.25, -0.2) is 0 Å². The Hall–Kier alpha value is -1.36. The highest BCUT2D eigenvalue weighted by molar-refractivity contribution is 6.01. The summed E-state index contributed by atoms with van der Waals surface area (Å²) in [6, 6.07) is 0. The van der Waals surface area contributed by atoms with Gasteiger partial charge in [0.15, 0.2) is 5.78 Å². The van der Waals surface area contributed by atoms with E-state index in [2.05, 4.69) is 10.2 Å². The number of aromatic amines is 1. The zero-order valence-electron chi connectivity index (χ0n) is 7.82. The lowest BCUT2D eigenvalue weighted by Crippen LogP contribution is -2.23. The van der Waals surface area contributed by atoms with Crippen LogP contribution < -0.4 is 5.73 Å². The molecule has 0 saturated carbocycles. The molecular formula is C9H13N3O2. The summed E-state index contributed by atoms with van der Waals surface area (Å²) in [5, 5.41) is 6.30. The van der Waals surface area contributed by atoms with Crippen LogP contribution in [0.2, 0.25) is 0 Å². The molecule has 2 rings (SSSR count). The summed E-state index contributed by atoms with van der Waals surface area (Å²) in [6.07, 6.45) is 3.06. The van der Waals surface area contributed by atoms with E-state index in [0.717, 1.165) is 12.8 Å². The standard InChI is InChI=1S/C9H13N3O2/c10-9-7(5-11-12-9)8(13)6-1-3-14-4-2-6/h5-6H,1-4H2,(H3,10,11,12). The van der Waals surface area contributed by atoms with Crippen LogP contribution >= 0.6 is 0 Å². The third-order valence-electron chi connectivity index (χ3n) is 2.53. The fourth-order valence-electron chi connectivity index (χ4n) is 1.67. The maximum Gasteiger partial charge on any atom is 0.171 e. The van der Waals surface area contributed by atoms with Crippen molar-refractivity contribution in [3.8, 4) is 0 Å². The van der Waals surface area contributed by atoms with Crippen molar-refractivity contribution in [2.24, 2.45) is 5.92 Å². The summed E-state index contributed by atoms with van der Waals surface area (Å²) < 4.78 is 5.19. The largest absolute Gasteiger partial charge is 0.383 e. The Morgan fingerprint density at radius 2 is 2.29 bits per heavy atom. The maximum atomic E-state index is 11.9. The van der Waals surface area contributed by atoms with Gasteiger partial charge in [0.1, 0.15) is 5.82 Å². The summed E-state index contributed by atoms with van der Waals surface area (Å²) in [7, 11) is 0. The third-order valence-corrected chi connectivity index (χ3v) is 2.53. The number of nitrogens with two attached hydrogens (primary N) is 1. The van der Waals surface area contributed by atoms with Crippen LogP contribution in [-0.2, 0) is 4.74 Å². The molecule has 5 nitrogen and oxygen atoms in total. The summed E-state index contributed by atoms with van der Waals surface area (Å²) in [4.78, 5) is 11.9. The van der Waals surface area contributed by atoms with Crippen LogP contribution in [0.25, 0.3) is 0 Å². The van der Waals surface area contributed by atoms with Crippen molar-refractivity contribution in [2.45, 2.75) is 12.8 Å². The van der Waals surface area contributed by atoms with Crippen LogP contribution in [0.3, 0.4) is 0 Å². The highest BCUT2D eigenvalue weighted by atomic mass is 16.5. The molecule has 1 aliphatic rings. The number of Topliss-reactive ketones (excluding diaryl/α,β-unsaturated/α-hetero) is 1. The minimum Gasteiger partial charge on any atom is -0.383 e. The molecule has 0 radical (unpaired) electrons. The van der Waals surface area contributed by atoms with E-state index in [4.69, 9.17) is 10.5 Å². The van der Waals surface area contributed by atoms with Gasteiger partial charge in [-0.1, -0.05) is 0 Å². The van der Waals surface area contributed by atoms with Gasteiger partial charge in [0.05, 0.1) is 11.8 Å². The van der Waals surface area contributed by atoms with Crippen LogP contribution in [0, 0.1) is 5.92 Å². The molecule has 1 aliphatic heterocycles. The summed E-state index contributed by atoms with van der Waals surface area (Å²) in [6.45, 7) is 1.32.